The van der Waals surface area contributed by atoms with E-state index in [2.05, 4.69) is 4.99 Å². The van der Waals surface area contributed by atoms with Gasteiger partial charge < -0.3 is 15.6 Å². The molecule has 0 aliphatic heterocycles. The summed E-state index contributed by atoms with van der Waals surface area (Å²) in [6.45, 7) is 6.60. The van der Waals surface area contributed by atoms with Gasteiger partial charge in [-0.2, -0.15) is 0 Å². The number of rotatable bonds is 5. The third-order valence-corrected chi connectivity index (χ3v) is 1.25. The van der Waals surface area contributed by atoms with Crippen LogP contribution in [0.5, 0.6) is 0 Å². The highest BCUT2D eigenvalue weighted by Crippen LogP contribution is 1.89. The second kappa shape index (κ2) is 10.7. The number of hydrogen-bond acceptors (Lipinski definition) is 4. The Hall–Kier alpha value is -1.36. The van der Waals surface area contributed by atoms with Crippen molar-refractivity contribution in [3.8, 4) is 0 Å². The molecule has 0 heterocycles. The van der Waals surface area contributed by atoms with Gasteiger partial charge in [0.05, 0.1) is 6.61 Å². The van der Waals surface area contributed by atoms with E-state index in [0.717, 1.165) is 0 Å². The van der Waals surface area contributed by atoms with Crippen molar-refractivity contribution in [3.05, 3.63) is 11.8 Å². The van der Waals surface area contributed by atoms with Crippen LogP contribution in [0.3, 0.4) is 0 Å². The minimum atomic E-state index is -1.10. The van der Waals surface area contributed by atoms with Crippen LogP contribution in [0.4, 0.5) is 0 Å². The second-order valence-electron chi connectivity index (χ2n) is 2.27. The van der Waals surface area contributed by atoms with Crippen LogP contribution in [0, 0.1) is 0 Å². The third kappa shape index (κ3) is 8.96. The normalized spacial score (nSPS) is 11.7. The van der Waals surface area contributed by atoms with Gasteiger partial charge in [0.1, 0.15) is 5.71 Å². The van der Waals surface area contributed by atoms with Gasteiger partial charge in [-0.05, 0) is 13.0 Å². The Kier molecular flexibility index (Phi) is 11.5. The minimum Gasteiger partial charge on any atom is -0.477 e. The molecule has 88 valence electrons. The molecule has 0 bridgehead atoms. The Bertz CT molecular complexity index is 235. The quantitative estimate of drug-likeness (QED) is 0.672. The van der Waals surface area contributed by atoms with E-state index >= 15 is 0 Å². The average Bonchev–Trinajstić information content (AvgIpc) is 2.25. The van der Waals surface area contributed by atoms with Crippen LogP contribution in [-0.4, -0.2) is 37.0 Å². The maximum Gasteiger partial charge on any atom is 0.354 e. The van der Waals surface area contributed by atoms with E-state index in [0.29, 0.717) is 12.3 Å². The number of aliphatic imine (C=N–C) groups is 1. The van der Waals surface area contributed by atoms with E-state index in [4.69, 9.17) is 15.6 Å². The fourth-order valence-electron chi connectivity index (χ4n) is 0.659. The van der Waals surface area contributed by atoms with Crippen LogP contribution in [0.15, 0.2) is 16.8 Å². The van der Waals surface area contributed by atoms with Crippen molar-refractivity contribution in [1.82, 2.24) is 0 Å². The molecule has 0 aliphatic rings. The summed E-state index contributed by atoms with van der Waals surface area (Å²) < 4.78 is 4.98. The molecule has 3 N–H and O–H groups in total. The Morgan fingerprint density at radius 3 is 2.40 bits per heavy atom. The fraction of sp³-hybridized carbons (Fsp3) is 0.600. The molecule has 0 amide bonds. The summed E-state index contributed by atoms with van der Waals surface area (Å²) in [5.74, 6) is -1.10. The molecule has 0 saturated carbocycles. The minimum absolute atomic E-state index is 0.0720. The van der Waals surface area contributed by atoms with Gasteiger partial charge in [0, 0.05) is 19.4 Å². The summed E-state index contributed by atoms with van der Waals surface area (Å²) in [6, 6.07) is 0. The summed E-state index contributed by atoms with van der Waals surface area (Å²) in [5, 5.41) is 8.58. The van der Waals surface area contributed by atoms with Gasteiger partial charge >= 0.3 is 5.97 Å². The Morgan fingerprint density at radius 2 is 2.07 bits per heavy atom. The molecule has 5 nitrogen and oxygen atoms in total. The Labute approximate surface area is 90.6 Å². The number of carboxylic acids is 1. The maximum atomic E-state index is 10.5. The molecule has 15 heavy (non-hydrogen) atoms. The first-order chi connectivity index (χ1) is 7.11. The zero-order chi connectivity index (χ0) is 12.3. The van der Waals surface area contributed by atoms with Crippen LogP contribution in [0.25, 0.3) is 0 Å². The van der Waals surface area contributed by atoms with Crippen molar-refractivity contribution < 1.29 is 14.6 Å². The molecule has 0 aromatic rings. The highest BCUT2D eigenvalue weighted by molar-refractivity contribution is 6.40. The van der Waals surface area contributed by atoms with Crippen molar-refractivity contribution in [2.45, 2.75) is 20.8 Å². The lowest BCUT2D eigenvalue weighted by Crippen LogP contribution is -2.15. The molecular weight excluding hydrogens is 196 g/mol. The number of ether oxygens (including phenoxy) is 1. The van der Waals surface area contributed by atoms with E-state index < -0.39 is 5.97 Å². The third-order valence-electron chi connectivity index (χ3n) is 1.25. The number of carbonyl (C=O) groups is 1. The lowest BCUT2D eigenvalue weighted by Gasteiger charge is -2.00. The van der Waals surface area contributed by atoms with Gasteiger partial charge in [-0.1, -0.05) is 13.8 Å². The van der Waals surface area contributed by atoms with Gasteiger partial charge in [-0.3, -0.25) is 4.99 Å². The van der Waals surface area contributed by atoms with Crippen LogP contribution in [-0.2, 0) is 9.53 Å². The molecular formula is C10H20N2O3. The summed E-state index contributed by atoms with van der Waals surface area (Å²) >= 11 is 0. The molecule has 0 aliphatic carbocycles. The first-order valence-corrected chi connectivity index (χ1v) is 4.85. The number of nitrogens with zero attached hydrogens (tertiary/aromatic N) is 1. The van der Waals surface area contributed by atoms with Crippen molar-refractivity contribution >= 4 is 11.7 Å². The highest BCUT2D eigenvalue weighted by Gasteiger charge is 2.04. The number of nitrogens with two attached hydrogens (primary N) is 1. The molecule has 0 saturated heterocycles. The van der Waals surface area contributed by atoms with E-state index in [1.54, 1.807) is 0 Å². The van der Waals surface area contributed by atoms with Crippen molar-refractivity contribution in [2.24, 2.45) is 10.7 Å². The van der Waals surface area contributed by atoms with Gasteiger partial charge in [0.15, 0.2) is 0 Å². The van der Waals surface area contributed by atoms with Gasteiger partial charge in [-0.25, -0.2) is 4.79 Å². The van der Waals surface area contributed by atoms with E-state index in [-0.39, 0.29) is 12.3 Å². The molecule has 0 atom stereocenters. The summed E-state index contributed by atoms with van der Waals surface area (Å²) in [5.41, 5.74) is 5.75. The molecule has 0 aromatic carbocycles. The summed E-state index contributed by atoms with van der Waals surface area (Å²) in [6.07, 6.45) is 1.29. The standard InChI is InChI=1S/C8H14N2O3.C2H6/c1-3-13-5-6(9)4-7(10-2)8(11)12;1-2/h4H,3,5,9H2,1-2H3,(H,11,12);1-2H3/b6-4-,10-7?;. The zero-order valence-corrected chi connectivity index (χ0v) is 9.78. The van der Waals surface area contributed by atoms with Gasteiger partial charge in [0.2, 0.25) is 0 Å². The largest absolute Gasteiger partial charge is 0.477 e. The molecule has 0 aromatic heterocycles. The first kappa shape index (κ1) is 16.1. The predicted octanol–water partition coefficient (Wildman–Crippen LogP) is 1.05. The summed E-state index contributed by atoms with van der Waals surface area (Å²) in [7, 11) is 1.40. The van der Waals surface area contributed by atoms with E-state index in [9.17, 15) is 4.79 Å². The smallest absolute Gasteiger partial charge is 0.354 e. The Balaban J connectivity index is 0. The second-order valence-corrected chi connectivity index (χ2v) is 2.27. The number of carboxylic acid groups (broad SMARTS) is 1. The molecule has 0 spiro atoms. The predicted molar refractivity (Wildman–Crippen MR) is 61.1 cm³/mol. The highest BCUT2D eigenvalue weighted by atomic mass is 16.5. The van der Waals surface area contributed by atoms with Crippen molar-refractivity contribution in [2.75, 3.05) is 20.3 Å². The zero-order valence-electron chi connectivity index (χ0n) is 9.78. The molecule has 0 fully saturated rings. The van der Waals surface area contributed by atoms with E-state index in [1.807, 2.05) is 20.8 Å². The van der Waals surface area contributed by atoms with Crippen LogP contribution < -0.4 is 5.73 Å². The van der Waals surface area contributed by atoms with Crippen LogP contribution >= 0.6 is 0 Å². The first-order valence-electron chi connectivity index (χ1n) is 4.85. The Morgan fingerprint density at radius 1 is 1.53 bits per heavy atom. The van der Waals surface area contributed by atoms with Crippen LogP contribution in [0.1, 0.15) is 20.8 Å². The monoisotopic (exact) mass is 216 g/mol. The lowest BCUT2D eigenvalue weighted by atomic mass is 10.3. The van der Waals surface area contributed by atoms with E-state index in [1.165, 1.54) is 13.1 Å². The number of hydrogen-bond donors (Lipinski definition) is 2. The molecule has 5 heteroatoms. The van der Waals surface area contributed by atoms with Gasteiger partial charge in [0.25, 0.3) is 0 Å². The fourth-order valence-corrected chi connectivity index (χ4v) is 0.659. The topological polar surface area (TPSA) is 84.9 Å². The molecule has 0 rings (SSSR count). The maximum absolute atomic E-state index is 10.5. The number of aliphatic carboxylic acids is 1. The average molecular weight is 216 g/mol. The molecule has 0 radical (unpaired) electrons. The van der Waals surface area contributed by atoms with Crippen molar-refractivity contribution in [1.29, 1.82) is 0 Å². The molecule has 0 unspecified atom stereocenters. The SMILES string of the molecule is CC.CCOC/C(N)=C/C(=NC)C(=O)O. The lowest BCUT2D eigenvalue weighted by molar-refractivity contribution is -0.129. The van der Waals surface area contributed by atoms with Gasteiger partial charge in [-0.15, -0.1) is 0 Å². The summed E-state index contributed by atoms with van der Waals surface area (Å²) in [4.78, 5) is 14.0. The van der Waals surface area contributed by atoms with Crippen molar-refractivity contribution in [3.63, 3.8) is 0 Å². The van der Waals surface area contributed by atoms with Crippen LogP contribution in [0.2, 0.25) is 0 Å².